The molecule has 0 saturated carbocycles. The fourth-order valence-corrected chi connectivity index (χ4v) is 2.01. The zero-order chi connectivity index (χ0) is 8.27. The van der Waals surface area contributed by atoms with Crippen LogP contribution >= 0.6 is 11.3 Å². The van der Waals surface area contributed by atoms with Gasteiger partial charge >= 0.3 is 18.9 Å². The second kappa shape index (κ2) is 5.92. The van der Waals surface area contributed by atoms with Crippen molar-refractivity contribution in [1.29, 1.82) is 0 Å². The summed E-state index contributed by atoms with van der Waals surface area (Å²) in [5.74, 6) is 0. The van der Waals surface area contributed by atoms with Crippen LogP contribution in [0.15, 0.2) is 15.7 Å². The van der Waals surface area contributed by atoms with Gasteiger partial charge in [0.05, 0.1) is 10.8 Å². The number of thiophene rings is 1. The van der Waals surface area contributed by atoms with E-state index in [-0.39, 0.29) is 18.9 Å². The Labute approximate surface area is 89.6 Å². The molecule has 1 atom stereocenters. The first-order chi connectivity index (χ1) is 5.24. The number of hydrogen-bond donors (Lipinski definition) is 0. The summed E-state index contributed by atoms with van der Waals surface area (Å²) in [6.45, 7) is 0.466. The summed E-state index contributed by atoms with van der Waals surface area (Å²) in [5, 5.41) is 1.77. The molecule has 0 bridgehead atoms. The van der Waals surface area contributed by atoms with Gasteiger partial charge in [-0.3, -0.25) is 4.21 Å². The molecule has 0 aliphatic carbocycles. The molecular weight excluding hydrogens is 191 g/mol. The first kappa shape index (κ1) is 12.4. The molecule has 1 unspecified atom stereocenters. The molecular formula is C6H7LiO3S2. The molecule has 0 saturated heterocycles. The molecule has 62 valence electrons. The third-order valence-corrected chi connectivity index (χ3v) is 3.02. The molecule has 0 radical (unpaired) electrons. The molecule has 1 aromatic rings. The Morgan fingerprint density at radius 3 is 2.83 bits per heavy atom. The summed E-state index contributed by atoms with van der Waals surface area (Å²) >= 11 is -0.894. The summed E-state index contributed by atoms with van der Waals surface area (Å²) in [6, 6.07) is 1.61. The third kappa shape index (κ3) is 3.40. The van der Waals surface area contributed by atoms with Crippen molar-refractivity contribution in [3.05, 3.63) is 17.0 Å². The van der Waals surface area contributed by atoms with Crippen LogP contribution in [-0.4, -0.2) is 15.9 Å². The Morgan fingerprint density at radius 1 is 1.75 bits per heavy atom. The van der Waals surface area contributed by atoms with Crippen molar-refractivity contribution in [2.45, 2.75) is 10.8 Å². The zero-order valence-corrected chi connectivity index (χ0v) is 8.54. The van der Waals surface area contributed by atoms with Crippen LogP contribution in [0.2, 0.25) is 0 Å². The summed E-state index contributed by atoms with van der Waals surface area (Å²) in [7, 11) is 1.57. The maximum absolute atomic E-state index is 10.4. The van der Waals surface area contributed by atoms with Crippen LogP contribution in [0.3, 0.4) is 0 Å². The maximum atomic E-state index is 10.4. The molecule has 0 aliphatic heterocycles. The van der Waals surface area contributed by atoms with E-state index in [2.05, 4.69) is 0 Å². The Bertz CT molecular complexity index is 261. The van der Waals surface area contributed by atoms with E-state index in [4.69, 9.17) is 4.74 Å². The van der Waals surface area contributed by atoms with Gasteiger partial charge in [0.2, 0.25) is 0 Å². The molecule has 1 rings (SSSR count). The number of rotatable bonds is 3. The van der Waals surface area contributed by atoms with Crippen molar-refractivity contribution in [3.8, 4) is 0 Å². The molecule has 1 heterocycles. The standard InChI is InChI=1S/C6H8O3S2.Li/c1-9-3-5-2-6(10-4-5)11(7)8;/h2,4H,3H2,1H3,(H,7,8);/q;+1/p-1. The summed E-state index contributed by atoms with van der Waals surface area (Å²) < 4.78 is 26.0. The van der Waals surface area contributed by atoms with Crippen LogP contribution in [0.25, 0.3) is 0 Å². The van der Waals surface area contributed by atoms with Crippen LogP contribution in [-0.2, 0) is 22.4 Å². The van der Waals surface area contributed by atoms with Gasteiger partial charge in [-0.1, -0.05) is 0 Å². The Balaban J connectivity index is 0.00000121. The van der Waals surface area contributed by atoms with Gasteiger partial charge in [-0.25, -0.2) is 0 Å². The van der Waals surface area contributed by atoms with E-state index >= 15 is 0 Å². The van der Waals surface area contributed by atoms with Crippen molar-refractivity contribution in [3.63, 3.8) is 0 Å². The minimum Gasteiger partial charge on any atom is -0.768 e. The van der Waals surface area contributed by atoms with Gasteiger partial charge in [0.15, 0.2) is 0 Å². The van der Waals surface area contributed by atoms with E-state index in [0.29, 0.717) is 10.8 Å². The van der Waals surface area contributed by atoms with Crippen molar-refractivity contribution >= 4 is 22.4 Å². The van der Waals surface area contributed by atoms with Crippen LogP contribution in [0.1, 0.15) is 5.56 Å². The van der Waals surface area contributed by atoms with Crippen molar-refractivity contribution in [2.75, 3.05) is 7.11 Å². The van der Waals surface area contributed by atoms with E-state index < -0.39 is 11.1 Å². The van der Waals surface area contributed by atoms with Crippen LogP contribution in [0.5, 0.6) is 0 Å². The first-order valence-corrected chi connectivity index (χ1v) is 4.85. The molecule has 0 aromatic carbocycles. The largest absolute Gasteiger partial charge is 1.00 e. The molecule has 0 aliphatic rings. The van der Waals surface area contributed by atoms with E-state index in [1.165, 1.54) is 11.3 Å². The zero-order valence-electron chi connectivity index (χ0n) is 6.90. The number of methoxy groups -OCH3 is 1. The van der Waals surface area contributed by atoms with Gasteiger partial charge in [-0.05, 0) is 28.1 Å². The average Bonchev–Trinajstić information content (AvgIpc) is 2.37. The molecule has 3 nitrogen and oxygen atoms in total. The molecule has 12 heavy (non-hydrogen) atoms. The van der Waals surface area contributed by atoms with Gasteiger partial charge in [0, 0.05) is 7.11 Å². The van der Waals surface area contributed by atoms with E-state index in [0.717, 1.165) is 5.56 Å². The molecule has 6 heteroatoms. The van der Waals surface area contributed by atoms with Crippen LogP contribution < -0.4 is 18.9 Å². The van der Waals surface area contributed by atoms with Gasteiger partial charge in [-0.2, -0.15) is 0 Å². The summed E-state index contributed by atoms with van der Waals surface area (Å²) in [4.78, 5) is 0. The minimum atomic E-state index is -2.10. The molecule has 0 spiro atoms. The topological polar surface area (TPSA) is 49.4 Å². The van der Waals surface area contributed by atoms with E-state index in [1.54, 1.807) is 18.6 Å². The SMILES string of the molecule is COCc1csc(S(=O)[O-])c1.[Li+]. The Kier molecular flexibility index (Phi) is 6.10. The molecule has 1 aromatic heterocycles. The fraction of sp³-hybridized carbons (Fsp3) is 0.333. The first-order valence-electron chi connectivity index (χ1n) is 2.89. The van der Waals surface area contributed by atoms with E-state index in [9.17, 15) is 8.76 Å². The molecule has 0 amide bonds. The normalized spacial score (nSPS) is 12.2. The minimum absolute atomic E-state index is 0. The van der Waals surface area contributed by atoms with Gasteiger partial charge in [-0.15, -0.1) is 11.3 Å². The summed E-state index contributed by atoms with van der Waals surface area (Å²) in [5.41, 5.74) is 0.900. The van der Waals surface area contributed by atoms with Gasteiger partial charge < -0.3 is 9.29 Å². The average molecular weight is 198 g/mol. The predicted octanol–water partition coefficient (Wildman–Crippen LogP) is -1.86. The second-order valence-corrected chi connectivity index (χ2v) is 4.02. The van der Waals surface area contributed by atoms with Crippen molar-refractivity contribution < 1.29 is 32.4 Å². The third-order valence-electron chi connectivity index (χ3n) is 1.10. The number of hydrogen-bond acceptors (Lipinski definition) is 4. The second-order valence-electron chi connectivity index (χ2n) is 1.94. The smallest absolute Gasteiger partial charge is 0.768 e. The van der Waals surface area contributed by atoms with Crippen molar-refractivity contribution in [2.24, 2.45) is 0 Å². The predicted molar refractivity (Wildman–Crippen MR) is 42.2 cm³/mol. The fourth-order valence-electron chi connectivity index (χ4n) is 0.683. The molecule has 0 N–H and O–H groups in total. The molecule has 0 fully saturated rings. The van der Waals surface area contributed by atoms with E-state index in [1.807, 2.05) is 0 Å². The van der Waals surface area contributed by atoms with Crippen LogP contribution in [0, 0.1) is 0 Å². The maximum Gasteiger partial charge on any atom is 1.00 e. The summed E-state index contributed by atoms with van der Waals surface area (Å²) in [6.07, 6.45) is 0. The Hall–Kier alpha value is 0.367. The Morgan fingerprint density at radius 2 is 2.42 bits per heavy atom. The number of ether oxygens (including phenoxy) is 1. The monoisotopic (exact) mass is 198 g/mol. The van der Waals surface area contributed by atoms with Gasteiger partial charge in [0.1, 0.15) is 0 Å². The quantitative estimate of drug-likeness (QED) is 0.422. The van der Waals surface area contributed by atoms with Gasteiger partial charge in [0.25, 0.3) is 0 Å². The van der Waals surface area contributed by atoms with Crippen LogP contribution in [0.4, 0.5) is 0 Å². The van der Waals surface area contributed by atoms with Crippen molar-refractivity contribution in [1.82, 2.24) is 0 Å².